The highest BCUT2D eigenvalue weighted by Gasteiger charge is 2.22. The number of hydrogen-bond acceptors (Lipinski definition) is 4. The third-order valence-corrected chi connectivity index (χ3v) is 6.45. The van der Waals surface area contributed by atoms with Crippen molar-refractivity contribution in [2.24, 2.45) is 5.73 Å². The van der Waals surface area contributed by atoms with Crippen LogP contribution in [0.15, 0.2) is 15.0 Å². The van der Waals surface area contributed by atoms with E-state index in [1.165, 1.54) is 0 Å². The van der Waals surface area contributed by atoms with Gasteiger partial charge in [-0.3, -0.25) is 0 Å². The highest BCUT2D eigenvalue weighted by atomic mass is 79.9. The Labute approximate surface area is 152 Å². The SMILES string of the molecule is CCn1c(N[C@H]2CC[C@H](N)CC2)nc2c(C#N)c(Br)c(Br)cc21. The van der Waals surface area contributed by atoms with Gasteiger partial charge in [0.1, 0.15) is 11.6 Å². The lowest BCUT2D eigenvalue weighted by molar-refractivity contribution is 0.409. The lowest BCUT2D eigenvalue weighted by Gasteiger charge is -2.27. The summed E-state index contributed by atoms with van der Waals surface area (Å²) in [5.41, 5.74) is 8.25. The van der Waals surface area contributed by atoms with Gasteiger partial charge < -0.3 is 15.6 Å². The number of nitriles is 1. The molecule has 122 valence electrons. The van der Waals surface area contributed by atoms with Crippen LogP contribution < -0.4 is 11.1 Å². The Morgan fingerprint density at radius 3 is 2.70 bits per heavy atom. The van der Waals surface area contributed by atoms with Gasteiger partial charge in [-0.15, -0.1) is 0 Å². The summed E-state index contributed by atoms with van der Waals surface area (Å²) < 4.78 is 3.75. The third kappa shape index (κ3) is 3.12. The van der Waals surface area contributed by atoms with Crippen LogP contribution in [-0.4, -0.2) is 21.6 Å². The maximum atomic E-state index is 9.48. The van der Waals surface area contributed by atoms with Crippen LogP contribution in [0, 0.1) is 11.3 Å². The lowest BCUT2D eigenvalue weighted by Crippen LogP contribution is -2.33. The fraction of sp³-hybridized carbons (Fsp3) is 0.500. The Bertz CT molecular complexity index is 769. The van der Waals surface area contributed by atoms with E-state index in [4.69, 9.17) is 10.7 Å². The van der Waals surface area contributed by atoms with E-state index in [1.807, 2.05) is 6.07 Å². The average molecular weight is 441 g/mol. The second-order valence-electron chi connectivity index (χ2n) is 5.96. The second-order valence-corrected chi connectivity index (χ2v) is 7.61. The van der Waals surface area contributed by atoms with Crippen molar-refractivity contribution >= 4 is 48.8 Å². The second kappa shape index (κ2) is 6.80. The molecule has 2 aromatic rings. The molecule has 0 aliphatic heterocycles. The Balaban J connectivity index is 2.02. The summed E-state index contributed by atoms with van der Waals surface area (Å²) in [6.07, 6.45) is 4.22. The normalized spacial score (nSPS) is 21.3. The predicted octanol–water partition coefficient (Wildman–Crippen LogP) is 4.13. The van der Waals surface area contributed by atoms with E-state index in [-0.39, 0.29) is 0 Å². The summed E-state index contributed by atoms with van der Waals surface area (Å²) in [7, 11) is 0. The molecule has 3 rings (SSSR count). The maximum absolute atomic E-state index is 9.48. The Morgan fingerprint density at radius 2 is 2.09 bits per heavy atom. The van der Waals surface area contributed by atoms with Crippen molar-refractivity contribution in [3.63, 3.8) is 0 Å². The van der Waals surface area contributed by atoms with Gasteiger partial charge in [0.25, 0.3) is 0 Å². The minimum absolute atomic E-state index is 0.329. The van der Waals surface area contributed by atoms with Gasteiger partial charge in [0.15, 0.2) is 0 Å². The Kier molecular flexibility index (Phi) is 4.95. The smallest absolute Gasteiger partial charge is 0.204 e. The lowest BCUT2D eigenvalue weighted by atomic mass is 9.92. The van der Waals surface area contributed by atoms with Crippen LogP contribution in [0.2, 0.25) is 0 Å². The van der Waals surface area contributed by atoms with E-state index < -0.39 is 0 Å². The number of rotatable bonds is 3. The summed E-state index contributed by atoms with van der Waals surface area (Å²) in [5.74, 6) is 0.837. The summed E-state index contributed by atoms with van der Waals surface area (Å²) in [4.78, 5) is 4.72. The van der Waals surface area contributed by atoms with Crippen molar-refractivity contribution in [2.45, 2.75) is 51.2 Å². The van der Waals surface area contributed by atoms with Crippen molar-refractivity contribution in [1.29, 1.82) is 5.26 Å². The van der Waals surface area contributed by atoms with E-state index in [0.29, 0.717) is 17.6 Å². The summed E-state index contributed by atoms with van der Waals surface area (Å²) in [6.45, 7) is 2.88. The number of anilines is 1. The number of halogens is 2. The Hall–Kier alpha value is -1.10. The van der Waals surface area contributed by atoms with Crippen LogP contribution >= 0.6 is 31.9 Å². The molecular weight excluding hydrogens is 422 g/mol. The van der Waals surface area contributed by atoms with E-state index in [9.17, 15) is 5.26 Å². The molecular formula is C16H19Br2N5. The number of aryl methyl sites for hydroxylation is 1. The van der Waals surface area contributed by atoms with Crippen molar-refractivity contribution in [1.82, 2.24) is 9.55 Å². The van der Waals surface area contributed by atoms with E-state index in [0.717, 1.165) is 58.2 Å². The fourth-order valence-corrected chi connectivity index (χ4v) is 3.99. The monoisotopic (exact) mass is 439 g/mol. The maximum Gasteiger partial charge on any atom is 0.204 e. The number of nitrogens with zero attached hydrogens (tertiary/aromatic N) is 3. The van der Waals surface area contributed by atoms with E-state index in [2.05, 4.69) is 54.7 Å². The van der Waals surface area contributed by atoms with Gasteiger partial charge in [0, 0.05) is 23.1 Å². The largest absolute Gasteiger partial charge is 0.353 e. The molecule has 1 aliphatic rings. The van der Waals surface area contributed by atoms with E-state index >= 15 is 0 Å². The van der Waals surface area contributed by atoms with Crippen molar-refractivity contribution < 1.29 is 0 Å². The topological polar surface area (TPSA) is 79.7 Å². The Morgan fingerprint density at radius 1 is 1.39 bits per heavy atom. The summed E-state index contributed by atoms with van der Waals surface area (Å²) >= 11 is 6.98. The standard InChI is InChI=1S/C16H19Br2N5/c1-2-23-13-7-12(17)14(18)11(8-19)15(13)22-16(23)21-10-5-3-9(20)4-6-10/h7,9-10H,2-6,20H2,1H3,(H,21,22)/t9-,10-. The summed E-state index contributed by atoms with van der Waals surface area (Å²) in [6, 6.07) is 5.00. The van der Waals surface area contributed by atoms with Gasteiger partial charge in [-0.25, -0.2) is 4.98 Å². The third-order valence-electron chi connectivity index (χ3n) is 4.47. The number of fused-ring (bicyclic) bond motifs is 1. The summed E-state index contributed by atoms with van der Waals surface area (Å²) in [5, 5.41) is 13.0. The molecule has 0 atom stereocenters. The van der Waals surface area contributed by atoms with Gasteiger partial charge in [-0.1, -0.05) is 0 Å². The van der Waals surface area contributed by atoms with E-state index in [1.54, 1.807) is 0 Å². The number of aromatic nitrogens is 2. The van der Waals surface area contributed by atoms with Crippen molar-refractivity contribution in [2.75, 3.05) is 5.32 Å². The first-order chi connectivity index (χ1) is 11.0. The number of nitrogens with one attached hydrogen (secondary N) is 1. The van der Waals surface area contributed by atoms with Gasteiger partial charge in [-0.05, 0) is 70.5 Å². The molecule has 1 aromatic heterocycles. The molecule has 7 heteroatoms. The molecule has 1 aliphatic carbocycles. The molecule has 3 N–H and O–H groups in total. The minimum Gasteiger partial charge on any atom is -0.353 e. The predicted molar refractivity (Wildman–Crippen MR) is 99.4 cm³/mol. The number of hydrogen-bond donors (Lipinski definition) is 2. The van der Waals surface area contributed by atoms with Gasteiger partial charge >= 0.3 is 0 Å². The van der Waals surface area contributed by atoms with Gasteiger partial charge in [-0.2, -0.15) is 5.26 Å². The molecule has 1 heterocycles. The van der Waals surface area contributed by atoms with Crippen molar-refractivity contribution in [3.05, 3.63) is 20.6 Å². The number of benzene rings is 1. The highest BCUT2D eigenvalue weighted by molar-refractivity contribution is 9.13. The average Bonchev–Trinajstić information content (AvgIpc) is 2.87. The molecule has 1 aromatic carbocycles. The first-order valence-electron chi connectivity index (χ1n) is 7.85. The molecule has 23 heavy (non-hydrogen) atoms. The quantitative estimate of drug-likeness (QED) is 0.751. The zero-order chi connectivity index (χ0) is 16.6. The molecule has 0 spiro atoms. The fourth-order valence-electron chi connectivity index (χ4n) is 3.18. The molecule has 5 nitrogen and oxygen atoms in total. The van der Waals surface area contributed by atoms with Crippen LogP contribution in [0.1, 0.15) is 38.2 Å². The molecule has 0 radical (unpaired) electrons. The van der Waals surface area contributed by atoms with Crippen LogP contribution in [0.5, 0.6) is 0 Å². The molecule has 0 saturated heterocycles. The first-order valence-corrected chi connectivity index (χ1v) is 9.44. The van der Waals surface area contributed by atoms with Crippen LogP contribution in [0.3, 0.4) is 0 Å². The van der Waals surface area contributed by atoms with Crippen LogP contribution in [0.25, 0.3) is 11.0 Å². The highest BCUT2D eigenvalue weighted by Crippen LogP contribution is 2.35. The number of nitrogens with two attached hydrogens (primary N) is 1. The first kappa shape index (κ1) is 16.7. The van der Waals surface area contributed by atoms with Gasteiger partial charge in [0.2, 0.25) is 5.95 Å². The molecule has 0 unspecified atom stereocenters. The van der Waals surface area contributed by atoms with Crippen molar-refractivity contribution in [3.8, 4) is 6.07 Å². The van der Waals surface area contributed by atoms with Crippen LogP contribution in [-0.2, 0) is 6.54 Å². The zero-order valence-electron chi connectivity index (χ0n) is 12.9. The molecule has 1 saturated carbocycles. The minimum atomic E-state index is 0.329. The molecule has 0 amide bonds. The number of imidazole rings is 1. The molecule has 0 bridgehead atoms. The van der Waals surface area contributed by atoms with Gasteiger partial charge in [0.05, 0.1) is 15.6 Å². The zero-order valence-corrected chi connectivity index (χ0v) is 16.1. The molecule has 1 fully saturated rings. The van der Waals surface area contributed by atoms with Crippen LogP contribution in [0.4, 0.5) is 5.95 Å².